The van der Waals surface area contributed by atoms with Crippen LogP contribution in [-0.2, 0) is 11.3 Å². The van der Waals surface area contributed by atoms with Gasteiger partial charge in [0, 0.05) is 6.54 Å². The van der Waals surface area contributed by atoms with Crippen LogP contribution in [0.2, 0.25) is 0 Å². The lowest BCUT2D eigenvalue weighted by atomic mass is 10.4. The van der Waals surface area contributed by atoms with E-state index in [2.05, 4.69) is 31.0 Å². The maximum Gasteiger partial charge on any atom is 0.325 e. The zero-order chi connectivity index (χ0) is 15.2. The molecule has 2 aromatic heterocycles. The van der Waals surface area contributed by atoms with Gasteiger partial charge < -0.3 is 10.4 Å². The summed E-state index contributed by atoms with van der Waals surface area (Å²) >= 11 is 1.05. The van der Waals surface area contributed by atoms with Gasteiger partial charge in [0.2, 0.25) is 5.16 Å². The van der Waals surface area contributed by atoms with Crippen LogP contribution in [0.1, 0.15) is 17.4 Å². The van der Waals surface area contributed by atoms with Gasteiger partial charge in [-0.3, -0.25) is 9.59 Å². The highest BCUT2D eigenvalue weighted by molar-refractivity contribution is 7.99. The lowest BCUT2D eigenvalue weighted by molar-refractivity contribution is -0.138. The summed E-state index contributed by atoms with van der Waals surface area (Å²) in [5.74, 6) is -1.36. The second-order valence-corrected chi connectivity index (χ2v) is 4.72. The Morgan fingerprint density at radius 1 is 1.33 bits per heavy atom. The van der Waals surface area contributed by atoms with E-state index < -0.39 is 5.97 Å². The minimum Gasteiger partial charge on any atom is -0.480 e. The van der Waals surface area contributed by atoms with E-state index in [0.717, 1.165) is 16.4 Å². The van der Waals surface area contributed by atoms with Crippen LogP contribution in [0.15, 0.2) is 22.3 Å². The van der Waals surface area contributed by atoms with Crippen molar-refractivity contribution in [1.82, 2.24) is 35.7 Å². The number of amides is 1. The second-order valence-electron chi connectivity index (χ2n) is 3.73. The largest absolute Gasteiger partial charge is 0.480 e. The van der Waals surface area contributed by atoms with Crippen LogP contribution in [0.3, 0.4) is 0 Å². The van der Waals surface area contributed by atoms with Gasteiger partial charge in [-0.05, 0) is 41.2 Å². The number of nitrogens with zero attached hydrogens (tertiary/aromatic N) is 6. The van der Waals surface area contributed by atoms with Crippen LogP contribution in [0.4, 0.5) is 0 Å². The van der Waals surface area contributed by atoms with Crippen molar-refractivity contribution in [2.24, 2.45) is 0 Å². The summed E-state index contributed by atoms with van der Waals surface area (Å²) in [6, 6.07) is 3.10. The molecule has 2 aromatic rings. The summed E-state index contributed by atoms with van der Waals surface area (Å²) in [4.78, 5) is 22.2. The Balaban J connectivity index is 2.08. The van der Waals surface area contributed by atoms with E-state index in [0.29, 0.717) is 11.6 Å². The Hall–Kier alpha value is -2.56. The Bertz CT molecular complexity index is 642. The summed E-state index contributed by atoms with van der Waals surface area (Å²) in [7, 11) is 0. The van der Waals surface area contributed by atoms with Crippen molar-refractivity contribution >= 4 is 23.6 Å². The molecule has 0 radical (unpaired) electrons. The van der Waals surface area contributed by atoms with Gasteiger partial charge in [-0.15, -0.1) is 15.3 Å². The molecule has 21 heavy (non-hydrogen) atoms. The van der Waals surface area contributed by atoms with E-state index in [4.69, 9.17) is 5.11 Å². The Morgan fingerprint density at radius 3 is 2.76 bits per heavy atom. The number of carbonyl (C=O) groups excluding carboxylic acids is 1. The molecule has 110 valence electrons. The van der Waals surface area contributed by atoms with E-state index in [1.165, 1.54) is 6.07 Å². The molecular weight excluding hydrogens is 298 g/mol. The van der Waals surface area contributed by atoms with Gasteiger partial charge in [-0.1, -0.05) is 0 Å². The number of hydrogen-bond donors (Lipinski definition) is 2. The molecule has 10 nitrogen and oxygen atoms in total. The number of aliphatic carboxylic acids is 1. The summed E-state index contributed by atoms with van der Waals surface area (Å²) in [6.45, 7) is 1.96. The summed E-state index contributed by atoms with van der Waals surface area (Å²) < 4.78 is 1.13. The zero-order valence-corrected chi connectivity index (χ0v) is 11.7. The number of carbonyl (C=O) groups is 2. The van der Waals surface area contributed by atoms with Gasteiger partial charge in [0.05, 0.1) is 0 Å². The molecule has 0 aliphatic carbocycles. The summed E-state index contributed by atoms with van der Waals surface area (Å²) in [5.41, 5.74) is 0.200. The first-order chi connectivity index (χ1) is 10.1. The van der Waals surface area contributed by atoms with E-state index >= 15 is 0 Å². The molecule has 0 aliphatic heterocycles. The first kappa shape index (κ1) is 14.8. The van der Waals surface area contributed by atoms with Crippen LogP contribution in [0.25, 0.3) is 0 Å². The van der Waals surface area contributed by atoms with Crippen molar-refractivity contribution in [2.45, 2.75) is 23.7 Å². The lowest BCUT2D eigenvalue weighted by Gasteiger charge is -2.02. The van der Waals surface area contributed by atoms with Crippen molar-refractivity contribution in [3.05, 3.63) is 17.8 Å². The third-order valence-corrected chi connectivity index (χ3v) is 3.09. The van der Waals surface area contributed by atoms with Crippen LogP contribution in [0.5, 0.6) is 0 Å². The molecule has 0 fully saturated rings. The molecule has 0 unspecified atom stereocenters. The molecule has 0 atom stereocenters. The predicted molar refractivity (Wildman–Crippen MR) is 69.6 cm³/mol. The minimum atomic E-state index is -1.05. The highest BCUT2D eigenvalue weighted by atomic mass is 32.2. The van der Waals surface area contributed by atoms with Gasteiger partial charge >= 0.3 is 5.97 Å². The van der Waals surface area contributed by atoms with Crippen molar-refractivity contribution in [3.63, 3.8) is 0 Å². The predicted octanol–water partition coefficient (Wildman–Crippen LogP) is -0.551. The molecule has 2 rings (SSSR count). The standard InChI is InChI=1S/C10H11N7O3S/c1-2-11-9(20)6-3-4-7(13-12-6)21-10-14-15-16-17(10)5-8(18)19/h3-4H,2,5H2,1H3,(H,11,20)(H,18,19). The average molecular weight is 309 g/mol. The fourth-order valence-corrected chi connectivity index (χ4v) is 2.03. The van der Waals surface area contributed by atoms with Gasteiger partial charge in [-0.2, -0.15) is 0 Å². The van der Waals surface area contributed by atoms with Crippen LogP contribution < -0.4 is 5.32 Å². The fourth-order valence-electron chi connectivity index (χ4n) is 1.34. The first-order valence-corrected chi connectivity index (χ1v) is 6.69. The molecule has 0 spiro atoms. The second kappa shape index (κ2) is 6.74. The van der Waals surface area contributed by atoms with Gasteiger partial charge in [-0.25, -0.2) is 4.68 Å². The molecule has 0 bridgehead atoms. The average Bonchev–Trinajstić information content (AvgIpc) is 2.86. The van der Waals surface area contributed by atoms with Gasteiger partial charge in [0.15, 0.2) is 5.69 Å². The number of aromatic nitrogens is 6. The van der Waals surface area contributed by atoms with E-state index in [1.54, 1.807) is 13.0 Å². The molecule has 0 saturated heterocycles. The topological polar surface area (TPSA) is 136 Å². The van der Waals surface area contributed by atoms with Gasteiger partial charge in [0.1, 0.15) is 11.6 Å². The van der Waals surface area contributed by atoms with Crippen molar-refractivity contribution in [3.8, 4) is 0 Å². The molecule has 2 heterocycles. The zero-order valence-electron chi connectivity index (χ0n) is 10.9. The minimum absolute atomic E-state index is 0.200. The third-order valence-electron chi connectivity index (χ3n) is 2.19. The van der Waals surface area contributed by atoms with Crippen LogP contribution >= 0.6 is 11.8 Å². The normalized spacial score (nSPS) is 10.3. The monoisotopic (exact) mass is 309 g/mol. The Kier molecular flexibility index (Phi) is 4.77. The molecule has 1 amide bonds. The molecule has 0 aromatic carbocycles. The maximum absolute atomic E-state index is 11.5. The molecule has 0 aliphatic rings. The van der Waals surface area contributed by atoms with Crippen molar-refractivity contribution < 1.29 is 14.7 Å². The Labute approximate surface area is 122 Å². The van der Waals surface area contributed by atoms with E-state index in [9.17, 15) is 9.59 Å². The highest BCUT2D eigenvalue weighted by Crippen LogP contribution is 2.22. The third kappa shape index (κ3) is 3.95. The Morgan fingerprint density at radius 2 is 2.14 bits per heavy atom. The number of rotatable bonds is 6. The molecular formula is C10H11N7O3S. The molecule has 0 saturated carbocycles. The number of nitrogens with one attached hydrogen (secondary N) is 1. The summed E-state index contributed by atoms with van der Waals surface area (Å²) in [5, 5.41) is 30.4. The number of carboxylic acids is 1. The van der Waals surface area contributed by atoms with Crippen LogP contribution in [-0.4, -0.2) is 53.9 Å². The highest BCUT2D eigenvalue weighted by Gasteiger charge is 2.13. The number of tetrazole rings is 1. The number of carboxylic acid groups (broad SMARTS) is 1. The van der Waals surface area contributed by atoms with E-state index in [1.807, 2.05) is 0 Å². The van der Waals surface area contributed by atoms with Gasteiger partial charge in [0.25, 0.3) is 5.91 Å². The van der Waals surface area contributed by atoms with Crippen LogP contribution in [0, 0.1) is 0 Å². The fraction of sp³-hybridized carbons (Fsp3) is 0.300. The SMILES string of the molecule is CCNC(=O)c1ccc(Sc2nnnn2CC(=O)O)nn1. The molecule has 2 N–H and O–H groups in total. The quantitative estimate of drug-likeness (QED) is 0.720. The maximum atomic E-state index is 11.5. The summed E-state index contributed by atoms with van der Waals surface area (Å²) in [6.07, 6.45) is 0. The smallest absolute Gasteiger partial charge is 0.325 e. The van der Waals surface area contributed by atoms with Crippen molar-refractivity contribution in [1.29, 1.82) is 0 Å². The van der Waals surface area contributed by atoms with E-state index in [-0.39, 0.29) is 23.3 Å². The lowest BCUT2D eigenvalue weighted by Crippen LogP contribution is -2.23. The first-order valence-electron chi connectivity index (χ1n) is 5.88. The number of hydrogen-bond acceptors (Lipinski definition) is 8. The van der Waals surface area contributed by atoms with Crippen molar-refractivity contribution in [2.75, 3.05) is 6.54 Å². The molecule has 11 heteroatoms.